The van der Waals surface area contributed by atoms with Crippen molar-refractivity contribution >= 4 is 11.7 Å². The predicted molar refractivity (Wildman–Crippen MR) is 91.4 cm³/mol. The Labute approximate surface area is 137 Å². The van der Waals surface area contributed by atoms with Gasteiger partial charge in [0.05, 0.1) is 12.4 Å². The van der Waals surface area contributed by atoms with E-state index in [4.69, 9.17) is 0 Å². The van der Waals surface area contributed by atoms with Gasteiger partial charge in [0.1, 0.15) is 11.5 Å². The Morgan fingerprint density at radius 3 is 2.48 bits per heavy atom. The van der Waals surface area contributed by atoms with Crippen LogP contribution in [-0.2, 0) is 6.54 Å². The van der Waals surface area contributed by atoms with Crippen molar-refractivity contribution in [3.05, 3.63) is 53.5 Å². The normalized spacial score (nSPS) is 10.6. The lowest BCUT2D eigenvalue weighted by Crippen LogP contribution is -2.24. The number of nitrogens with zero attached hydrogens (tertiary/aromatic N) is 3. The first-order valence-electron chi connectivity index (χ1n) is 7.59. The molecule has 2 N–H and O–H groups in total. The molecular weight excluding hydrogens is 290 g/mol. The number of benzene rings is 1. The Bertz CT molecular complexity index is 622. The van der Waals surface area contributed by atoms with Gasteiger partial charge in [0.25, 0.3) is 5.91 Å². The number of rotatable bonds is 7. The van der Waals surface area contributed by atoms with Gasteiger partial charge in [0.15, 0.2) is 0 Å². The van der Waals surface area contributed by atoms with Gasteiger partial charge in [-0.25, -0.2) is 9.97 Å². The van der Waals surface area contributed by atoms with Crippen LogP contribution in [0.15, 0.2) is 36.7 Å². The highest BCUT2D eigenvalue weighted by Gasteiger charge is 2.07. The van der Waals surface area contributed by atoms with E-state index < -0.39 is 0 Å². The van der Waals surface area contributed by atoms with Gasteiger partial charge in [-0.3, -0.25) is 4.79 Å². The number of aryl methyl sites for hydroxylation is 1. The van der Waals surface area contributed by atoms with Crippen molar-refractivity contribution in [3.63, 3.8) is 0 Å². The highest BCUT2D eigenvalue weighted by Crippen LogP contribution is 2.04. The molecule has 0 saturated heterocycles. The number of amides is 1. The largest absolute Gasteiger partial charge is 0.368 e. The van der Waals surface area contributed by atoms with Crippen LogP contribution in [0.2, 0.25) is 0 Å². The minimum Gasteiger partial charge on any atom is -0.368 e. The van der Waals surface area contributed by atoms with Crippen molar-refractivity contribution in [2.24, 2.45) is 0 Å². The van der Waals surface area contributed by atoms with Gasteiger partial charge in [-0.2, -0.15) is 0 Å². The maximum Gasteiger partial charge on any atom is 0.271 e. The van der Waals surface area contributed by atoms with Gasteiger partial charge < -0.3 is 15.5 Å². The molecule has 2 aromatic rings. The van der Waals surface area contributed by atoms with Crippen LogP contribution in [0.3, 0.4) is 0 Å². The summed E-state index contributed by atoms with van der Waals surface area (Å²) in [6.45, 7) is 4.19. The van der Waals surface area contributed by atoms with Crippen molar-refractivity contribution in [1.82, 2.24) is 20.2 Å². The number of aromatic nitrogens is 2. The minimum atomic E-state index is -0.224. The van der Waals surface area contributed by atoms with Crippen LogP contribution in [0, 0.1) is 6.92 Å². The van der Waals surface area contributed by atoms with Crippen molar-refractivity contribution in [2.45, 2.75) is 13.5 Å². The summed E-state index contributed by atoms with van der Waals surface area (Å²) in [6, 6.07) is 8.04. The van der Waals surface area contributed by atoms with E-state index in [0.717, 1.165) is 18.7 Å². The molecule has 6 nitrogen and oxygen atoms in total. The molecule has 2 rings (SSSR count). The van der Waals surface area contributed by atoms with Gasteiger partial charge in [-0.1, -0.05) is 29.8 Å². The second kappa shape index (κ2) is 8.24. The van der Waals surface area contributed by atoms with Crippen molar-refractivity contribution in [2.75, 3.05) is 32.5 Å². The summed E-state index contributed by atoms with van der Waals surface area (Å²) in [7, 11) is 4.02. The van der Waals surface area contributed by atoms with E-state index in [-0.39, 0.29) is 5.91 Å². The third kappa shape index (κ3) is 5.67. The van der Waals surface area contributed by atoms with Crippen molar-refractivity contribution in [3.8, 4) is 0 Å². The lowest BCUT2D eigenvalue weighted by Gasteiger charge is -2.10. The molecule has 1 aromatic heterocycles. The maximum atomic E-state index is 12.1. The first-order valence-corrected chi connectivity index (χ1v) is 7.59. The number of likely N-dealkylation sites (N-methyl/N-ethyl adjacent to an activating group) is 1. The van der Waals surface area contributed by atoms with E-state index in [2.05, 4.69) is 25.5 Å². The van der Waals surface area contributed by atoms with Crippen LogP contribution < -0.4 is 10.6 Å². The summed E-state index contributed by atoms with van der Waals surface area (Å²) in [6.07, 6.45) is 3.07. The molecule has 0 spiro atoms. The monoisotopic (exact) mass is 313 g/mol. The van der Waals surface area contributed by atoms with E-state index >= 15 is 0 Å². The quantitative estimate of drug-likeness (QED) is 0.814. The maximum absolute atomic E-state index is 12.1. The number of nitrogens with one attached hydrogen (secondary N) is 2. The molecule has 6 heteroatoms. The molecular formula is C17H23N5O. The fourth-order valence-electron chi connectivity index (χ4n) is 1.92. The summed E-state index contributed by atoms with van der Waals surface area (Å²) in [5.41, 5.74) is 2.57. The van der Waals surface area contributed by atoms with Gasteiger partial charge in [0.2, 0.25) is 0 Å². The van der Waals surface area contributed by atoms with Crippen LogP contribution in [0.1, 0.15) is 21.6 Å². The molecule has 23 heavy (non-hydrogen) atoms. The predicted octanol–water partition coefficient (Wildman–Crippen LogP) is 1.69. The van der Waals surface area contributed by atoms with Gasteiger partial charge in [-0.15, -0.1) is 0 Å². The van der Waals surface area contributed by atoms with Gasteiger partial charge in [0, 0.05) is 19.6 Å². The molecule has 1 amide bonds. The standard InChI is InChI=1S/C17H23N5O/c1-13-4-6-14(7-5-13)10-21-17(23)15-11-20-16(12-19-15)18-8-9-22(2)3/h4-7,11-12H,8-10H2,1-3H3,(H,18,20)(H,21,23). The topological polar surface area (TPSA) is 70.2 Å². The molecule has 0 aliphatic heterocycles. The second-order valence-electron chi connectivity index (χ2n) is 5.69. The van der Waals surface area contributed by atoms with Crippen molar-refractivity contribution < 1.29 is 4.79 Å². The van der Waals surface area contributed by atoms with E-state index in [1.54, 1.807) is 6.20 Å². The Morgan fingerprint density at radius 2 is 1.87 bits per heavy atom. The van der Waals surface area contributed by atoms with Crippen LogP contribution >= 0.6 is 0 Å². The molecule has 0 radical (unpaired) electrons. The Morgan fingerprint density at radius 1 is 1.13 bits per heavy atom. The first-order chi connectivity index (χ1) is 11.0. The second-order valence-corrected chi connectivity index (χ2v) is 5.69. The fraction of sp³-hybridized carbons (Fsp3) is 0.353. The molecule has 0 aliphatic carbocycles. The first kappa shape index (κ1) is 16.9. The van der Waals surface area contributed by atoms with Gasteiger partial charge >= 0.3 is 0 Å². The minimum absolute atomic E-state index is 0.224. The number of anilines is 1. The SMILES string of the molecule is Cc1ccc(CNC(=O)c2cnc(NCCN(C)C)cn2)cc1. The summed E-state index contributed by atoms with van der Waals surface area (Å²) in [5, 5.41) is 6.00. The van der Waals surface area contributed by atoms with Crippen LogP contribution in [0.5, 0.6) is 0 Å². The zero-order valence-corrected chi connectivity index (χ0v) is 13.8. The molecule has 0 saturated carbocycles. The Kier molecular flexibility index (Phi) is 6.05. The van der Waals surface area contributed by atoms with Crippen LogP contribution in [0.4, 0.5) is 5.82 Å². The van der Waals surface area contributed by atoms with Crippen LogP contribution in [0.25, 0.3) is 0 Å². The number of carbonyl (C=O) groups is 1. The zero-order valence-electron chi connectivity index (χ0n) is 13.8. The van der Waals surface area contributed by atoms with Crippen molar-refractivity contribution in [1.29, 1.82) is 0 Å². The number of carbonyl (C=O) groups excluding carboxylic acids is 1. The lowest BCUT2D eigenvalue weighted by atomic mass is 10.1. The lowest BCUT2D eigenvalue weighted by molar-refractivity contribution is 0.0945. The summed E-state index contributed by atoms with van der Waals surface area (Å²) >= 11 is 0. The molecule has 1 heterocycles. The Balaban J connectivity index is 1.83. The molecule has 122 valence electrons. The summed E-state index contributed by atoms with van der Waals surface area (Å²) < 4.78 is 0. The molecule has 0 fully saturated rings. The highest BCUT2D eigenvalue weighted by molar-refractivity contribution is 5.91. The smallest absolute Gasteiger partial charge is 0.271 e. The Hall–Kier alpha value is -2.47. The molecule has 0 atom stereocenters. The molecule has 0 bridgehead atoms. The average molecular weight is 313 g/mol. The van der Waals surface area contributed by atoms with E-state index in [1.165, 1.54) is 11.8 Å². The highest BCUT2D eigenvalue weighted by atomic mass is 16.1. The van der Waals surface area contributed by atoms with E-state index in [0.29, 0.717) is 18.1 Å². The van der Waals surface area contributed by atoms with E-state index in [1.807, 2.05) is 45.3 Å². The third-order valence-electron chi connectivity index (χ3n) is 3.32. The molecule has 0 aliphatic rings. The number of hydrogen-bond donors (Lipinski definition) is 2. The van der Waals surface area contributed by atoms with E-state index in [9.17, 15) is 4.79 Å². The molecule has 0 unspecified atom stereocenters. The average Bonchev–Trinajstić information content (AvgIpc) is 2.54. The number of hydrogen-bond acceptors (Lipinski definition) is 5. The van der Waals surface area contributed by atoms with Crippen LogP contribution in [-0.4, -0.2) is 48.0 Å². The zero-order chi connectivity index (χ0) is 16.7. The fourth-order valence-corrected chi connectivity index (χ4v) is 1.92. The van der Waals surface area contributed by atoms with Gasteiger partial charge in [-0.05, 0) is 26.6 Å². The molecule has 1 aromatic carbocycles. The summed E-state index contributed by atoms with van der Waals surface area (Å²) in [5.74, 6) is 0.444. The summed E-state index contributed by atoms with van der Waals surface area (Å²) in [4.78, 5) is 22.5. The third-order valence-corrected chi connectivity index (χ3v) is 3.32.